The van der Waals surface area contributed by atoms with Gasteiger partial charge in [-0.05, 0) is 5.56 Å². The predicted octanol–water partition coefficient (Wildman–Crippen LogP) is -0.530. The number of aliphatic carboxylic acids is 1. The molecule has 0 radical (unpaired) electrons. The van der Waals surface area contributed by atoms with E-state index in [2.05, 4.69) is 35.9 Å². The Balaban J connectivity index is 2.72. The van der Waals surface area contributed by atoms with Gasteiger partial charge in [-0.3, -0.25) is 9.59 Å². The lowest BCUT2D eigenvalue weighted by Crippen LogP contribution is -2.55. The second-order valence-electron chi connectivity index (χ2n) is 5.12. The van der Waals surface area contributed by atoms with E-state index in [9.17, 15) is 19.5 Å². The molecule has 0 aliphatic carbocycles. The summed E-state index contributed by atoms with van der Waals surface area (Å²) < 4.78 is 0. The number of thiol groups is 2. The summed E-state index contributed by atoms with van der Waals surface area (Å²) in [5.74, 6) is -2.21. The summed E-state index contributed by atoms with van der Waals surface area (Å²) in [6, 6.07) is 5.97. The molecule has 7 nitrogen and oxygen atoms in total. The monoisotopic (exact) mass is 371 g/mol. The zero-order chi connectivity index (χ0) is 18.1. The zero-order valence-corrected chi connectivity index (χ0v) is 14.7. The molecule has 1 aromatic rings. The molecule has 0 spiro atoms. The first-order valence-corrected chi connectivity index (χ1v) is 8.50. The van der Waals surface area contributed by atoms with Crippen LogP contribution in [0.2, 0.25) is 0 Å². The Morgan fingerprint density at radius 1 is 1.00 bits per heavy atom. The Kier molecular flexibility index (Phi) is 8.66. The van der Waals surface area contributed by atoms with Gasteiger partial charge in [0.15, 0.2) is 0 Å². The van der Waals surface area contributed by atoms with E-state index >= 15 is 0 Å². The summed E-state index contributed by atoms with van der Waals surface area (Å²) in [4.78, 5) is 35.3. The summed E-state index contributed by atoms with van der Waals surface area (Å²) >= 11 is 7.93. The topological polar surface area (TPSA) is 122 Å². The van der Waals surface area contributed by atoms with Gasteiger partial charge in [0.2, 0.25) is 11.8 Å². The van der Waals surface area contributed by atoms with Crippen LogP contribution in [-0.4, -0.2) is 52.5 Å². The molecule has 3 atom stereocenters. The van der Waals surface area contributed by atoms with E-state index in [1.165, 1.54) is 0 Å². The molecule has 0 saturated heterocycles. The number of benzene rings is 1. The highest BCUT2D eigenvalue weighted by molar-refractivity contribution is 7.80. The van der Waals surface area contributed by atoms with Crippen LogP contribution in [0.1, 0.15) is 5.56 Å². The van der Waals surface area contributed by atoms with E-state index in [1.807, 2.05) is 6.07 Å². The normalized spacial score (nSPS) is 14.3. The molecule has 9 heteroatoms. The maximum absolute atomic E-state index is 12.2. The number of rotatable bonds is 9. The fourth-order valence-electron chi connectivity index (χ4n) is 1.88. The molecule has 0 aliphatic heterocycles. The molecule has 1 rings (SSSR count). The third-order valence-corrected chi connectivity index (χ3v) is 4.00. The number of hydrogen-bond acceptors (Lipinski definition) is 6. The lowest BCUT2D eigenvalue weighted by Gasteiger charge is -2.21. The highest BCUT2D eigenvalue weighted by atomic mass is 32.1. The molecule has 2 amide bonds. The Morgan fingerprint density at radius 2 is 1.58 bits per heavy atom. The molecule has 0 saturated carbocycles. The second-order valence-corrected chi connectivity index (χ2v) is 5.85. The van der Waals surface area contributed by atoms with Crippen molar-refractivity contribution in [2.75, 3.05) is 11.5 Å². The Hall–Kier alpha value is -1.71. The van der Waals surface area contributed by atoms with Crippen LogP contribution in [0.25, 0.3) is 0 Å². The predicted molar refractivity (Wildman–Crippen MR) is 97.3 cm³/mol. The minimum Gasteiger partial charge on any atom is -0.480 e. The number of carbonyl (C=O) groups is 3. The number of carboxylic acids is 1. The zero-order valence-electron chi connectivity index (χ0n) is 12.9. The van der Waals surface area contributed by atoms with Crippen molar-refractivity contribution in [3.8, 4) is 0 Å². The lowest BCUT2D eigenvalue weighted by atomic mass is 10.1. The summed E-state index contributed by atoms with van der Waals surface area (Å²) in [5.41, 5.74) is 6.30. The minimum atomic E-state index is -1.16. The largest absolute Gasteiger partial charge is 0.480 e. The minimum absolute atomic E-state index is 0.00847. The molecule has 5 N–H and O–H groups in total. The second kappa shape index (κ2) is 10.2. The van der Waals surface area contributed by atoms with Crippen LogP contribution in [-0.2, 0) is 20.8 Å². The van der Waals surface area contributed by atoms with E-state index in [1.54, 1.807) is 24.3 Å². The average molecular weight is 371 g/mol. The fourth-order valence-corrected chi connectivity index (χ4v) is 2.30. The third-order valence-electron chi connectivity index (χ3n) is 3.25. The van der Waals surface area contributed by atoms with Crippen molar-refractivity contribution in [2.24, 2.45) is 5.73 Å². The van der Waals surface area contributed by atoms with Crippen LogP contribution in [0.3, 0.4) is 0 Å². The molecule has 1 aromatic carbocycles. The molecule has 0 bridgehead atoms. The van der Waals surface area contributed by atoms with Crippen molar-refractivity contribution in [1.29, 1.82) is 0 Å². The third kappa shape index (κ3) is 6.42. The number of nitrogens with one attached hydrogen (secondary N) is 2. The number of carbonyl (C=O) groups excluding carboxylic acids is 2. The van der Waals surface area contributed by atoms with Gasteiger partial charge >= 0.3 is 5.97 Å². The molecule has 0 aliphatic rings. The van der Waals surface area contributed by atoms with E-state index in [4.69, 9.17) is 5.73 Å². The number of carboxylic acid groups (broad SMARTS) is 1. The quantitative estimate of drug-likeness (QED) is 0.326. The van der Waals surface area contributed by atoms with Gasteiger partial charge in [-0.15, -0.1) is 0 Å². The van der Waals surface area contributed by atoms with Crippen LogP contribution in [0.15, 0.2) is 30.3 Å². The van der Waals surface area contributed by atoms with Crippen molar-refractivity contribution in [3.05, 3.63) is 35.9 Å². The molecule has 132 valence electrons. The molecule has 24 heavy (non-hydrogen) atoms. The van der Waals surface area contributed by atoms with Gasteiger partial charge in [-0.25, -0.2) is 4.79 Å². The van der Waals surface area contributed by atoms with Crippen molar-refractivity contribution < 1.29 is 19.5 Å². The Labute approximate surface area is 151 Å². The molecule has 0 fully saturated rings. The summed E-state index contributed by atoms with van der Waals surface area (Å²) in [6.45, 7) is 0. The van der Waals surface area contributed by atoms with Crippen LogP contribution < -0.4 is 16.4 Å². The Morgan fingerprint density at radius 3 is 2.08 bits per heavy atom. The average Bonchev–Trinajstić information content (AvgIpc) is 2.58. The van der Waals surface area contributed by atoms with Crippen molar-refractivity contribution in [1.82, 2.24) is 10.6 Å². The first kappa shape index (κ1) is 20.3. The SMILES string of the molecule is N[C@@H](CS)C(=O)N[C@@H](CS)C(=O)N[C@@H](Cc1ccccc1)C(=O)O. The van der Waals surface area contributed by atoms with Crippen LogP contribution in [0, 0.1) is 0 Å². The standard InChI is InChI=1S/C15H21N3O4S2/c16-10(7-23)13(19)18-12(8-24)14(20)17-11(15(21)22)6-9-4-2-1-3-5-9/h1-5,10-12,23-24H,6-8,16H2,(H,17,20)(H,18,19)(H,21,22)/t10-,11-,12-/m0/s1. The van der Waals surface area contributed by atoms with Crippen molar-refractivity contribution >= 4 is 43.0 Å². The number of nitrogens with two attached hydrogens (primary N) is 1. The van der Waals surface area contributed by atoms with Crippen molar-refractivity contribution in [2.45, 2.75) is 24.5 Å². The van der Waals surface area contributed by atoms with Gasteiger partial charge in [0.25, 0.3) is 0 Å². The van der Waals surface area contributed by atoms with Crippen LogP contribution in [0.5, 0.6) is 0 Å². The van der Waals surface area contributed by atoms with E-state index in [-0.39, 0.29) is 17.9 Å². The molecule has 0 unspecified atom stereocenters. The maximum Gasteiger partial charge on any atom is 0.326 e. The van der Waals surface area contributed by atoms with E-state index in [0.717, 1.165) is 5.56 Å². The number of hydrogen-bond donors (Lipinski definition) is 6. The van der Waals surface area contributed by atoms with Crippen LogP contribution in [0.4, 0.5) is 0 Å². The van der Waals surface area contributed by atoms with Gasteiger partial charge < -0.3 is 21.5 Å². The van der Waals surface area contributed by atoms with Gasteiger partial charge in [-0.1, -0.05) is 30.3 Å². The van der Waals surface area contributed by atoms with E-state index < -0.39 is 35.9 Å². The molecular weight excluding hydrogens is 350 g/mol. The van der Waals surface area contributed by atoms with E-state index in [0.29, 0.717) is 0 Å². The van der Waals surface area contributed by atoms with Gasteiger partial charge in [-0.2, -0.15) is 25.3 Å². The number of amides is 2. The maximum atomic E-state index is 12.2. The lowest BCUT2D eigenvalue weighted by molar-refractivity contribution is -0.142. The summed E-state index contributed by atoms with van der Waals surface area (Å²) in [7, 11) is 0. The first-order chi connectivity index (χ1) is 11.4. The highest BCUT2D eigenvalue weighted by Crippen LogP contribution is 2.04. The molecule has 0 heterocycles. The summed E-state index contributed by atoms with van der Waals surface area (Å²) in [5, 5.41) is 14.1. The van der Waals surface area contributed by atoms with Gasteiger partial charge in [0.1, 0.15) is 12.1 Å². The van der Waals surface area contributed by atoms with Gasteiger partial charge in [0.05, 0.1) is 6.04 Å². The first-order valence-electron chi connectivity index (χ1n) is 7.23. The smallest absolute Gasteiger partial charge is 0.326 e. The molecule has 0 aromatic heterocycles. The van der Waals surface area contributed by atoms with Crippen LogP contribution >= 0.6 is 25.3 Å². The summed E-state index contributed by atoms with van der Waals surface area (Å²) in [6.07, 6.45) is 0.130. The Bertz CT molecular complexity index is 571. The molecular formula is C15H21N3O4S2. The highest BCUT2D eigenvalue weighted by Gasteiger charge is 2.27. The van der Waals surface area contributed by atoms with Crippen molar-refractivity contribution in [3.63, 3.8) is 0 Å². The fraction of sp³-hybridized carbons (Fsp3) is 0.400. The van der Waals surface area contributed by atoms with Gasteiger partial charge in [0, 0.05) is 17.9 Å².